The number of ether oxygens (including phenoxy) is 1. The highest BCUT2D eigenvalue weighted by Gasteiger charge is 2.25. The van der Waals surface area contributed by atoms with E-state index in [4.69, 9.17) is 17.0 Å². The molecule has 104 valence electrons. The minimum absolute atomic E-state index is 0.0398. The number of fused-ring (bicyclic) bond motifs is 1. The lowest BCUT2D eigenvalue weighted by Gasteiger charge is -2.19. The molecular weight excluding hydrogens is 280 g/mol. The number of thiocarbonyl (C=S) groups is 1. The third kappa shape index (κ3) is 2.52. The van der Waals surface area contributed by atoms with Crippen LogP contribution in [-0.4, -0.2) is 17.8 Å². The van der Waals surface area contributed by atoms with Gasteiger partial charge < -0.3 is 4.74 Å². The van der Waals surface area contributed by atoms with E-state index >= 15 is 0 Å². The van der Waals surface area contributed by atoms with Crippen LogP contribution in [0.3, 0.4) is 0 Å². The molecule has 0 N–H and O–H groups in total. The van der Waals surface area contributed by atoms with E-state index in [1.54, 1.807) is 0 Å². The minimum atomic E-state index is -0.0398. The van der Waals surface area contributed by atoms with Gasteiger partial charge in [-0.05, 0) is 17.5 Å². The largest absolute Gasteiger partial charge is 0.495 e. The second kappa shape index (κ2) is 5.62. The van der Waals surface area contributed by atoms with Crippen molar-refractivity contribution in [2.45, 2.75) is 6.42 Å². The molecule has 3 rings (SSSR count). The van der Waals surface area contributed by atoms with Crippen LogP contribution in [0.1, 0.15) is 27.0 Å². The molecule has 1 aliphatic carbocycles. The highest BCUT2D eigenvalue weighted by atomic mass is 32.1. The van der Waals surface area contributed by atoms with Gasteiger partial charge in [-0.3, -0.25) is 4.79 Å². The second-order valence-corrected chi connectivity index (χ2v) is 5.32. The van der Waals surface area contributed by atoms with Crippen LogP contribution in [0.25, 0.3) is 0 Å². The summed E-state index contributed by atoms with van der Waals surface area (Å²) in [7, 11) is 1.53. The summed E-state index contributed by atoms with van der Waals surface area (Å²) in [5.74, 6) is 0.432. The van der Waals surface area contributed by atoms with Crippen molar-refractivity contribution < 1.29 is 9.53 Å². The van der Waals surface area contributed by atoms with E-state index in [2.05, 4.69) is 12.1 Å². The topological polar surface area (TPSA) is 26.3 Å². The van der Waals surface area contributed by atoms with Gasteiger partial charge in [0.15, 0.2) is 5.78 Å². The van der Waals surface area contributed by atoms with E-state index in [9.17, 15) is 4.79 Å². The molecule has 0 bridgehead atoms. The SMILES string of the molecule is COC1=CC(=O)c2c(Cc3ccccc3)cccc2C1=S. The highest BCUT2D eigenvalue weighted by molar-refractivity contribution is 7.81. The van der Waals surface area contributed by atoms with Crippen molar-refractivity contribution in [1.82, 2.24) is 0 Å². The summed E-state index contributed by atoms with van der Waals surface area (Å²) in [6.07, 6.45) is 2.20. The Morgan fingerprint density at radius 1 is 1.05 bits per heavy atom. The normalized spacial score (nSPS) is 13.7. The van der Waals surface area contributed by atoms with Crippen LogP contribution >= 0.6 is 12.2 Å². The zero-order valence-electron chi connectivity index (χ0n) is 11.6. The van der Waals surface area contributed by atoms with Crippen LogP contribution in [-0.2, 0) is 11.2 Å². The molecule has 2 nitrogen and oxygen atoms in total. The summed E-state index contributed by atoms with van der Waals surface area (Å²) in [6.45, 7) is 0. The van der Waals surface area contributed by atoms with E-state index in [1.807, 2.05) is 36.4 Å². The first-order chi connectivity index (χ1) is 10.2. The first-order valence-corrected chi connectivity index (χ1v) is 7.12. The Morgan fingerprint density at radius 3 is 2.52 bits per heavy atom. The van der Waals surface area contributed by atoms with Crippen molar-refractivity contribution >= 4 is 22.9 Å². The maximum Gasteiger partial charge on any atom is 0.190 e. The fourth-order valence-electron chi connectivity index (χ4n) is 2.58. The molecule has 0 unspecified atom stereocenters. The summed E-state index contributed by atoms with van der Waals surface area (Å²) in [5.41, 5.74) is 3.67. The molecule has 1 aliphatic rings. The molecular formula is C18H14O2S. The molecule has 0 saturated carbocycles. The monoisotopic (exact) mass is 294 g/mol. The van der Waals surface area contributed by atoms with E-state index in [0.717, 1.165) is 11.1 Å². The molecule has 0 heterocycles. The molecule has 0 saturated heterocycles. The lowest BCUT2D eigenvalue weighted by atomic mass is 9.88. The molecule has 21 heavy (non-hydrogen) atoms. The number of allylic oxidation sites excluding steroid dienone is 2. The summed E-state index contributed by atoms with van der Waals surface area (Å²) >= 11 is 5.41. The van der Waals surface area contributed by atoms with Crippen molar-refractivity contribution in [2.24, 2.45) is 0 Å². The Balaban J connectivity index is 2.06. The first-order valence-electron chi connectivity index (χ1n) is 6.71. The van der Waals surface area contributed by atoms with Gasteiger partial charge >= 0.3 is 0 Å². The molecule has 0 aliphatic heterocycles. The Labute approximate surface area is 129 Å². The zero-order valence-corrected chi connectivity index (χ0v) is 12.4. The van der Waals surface area contributed by atoms with E-state index in [-0.39, 0.29) is 5.78 Å². The second-order valence-electron chi connectivity index (χ2n) is 4.91. The smallest absolute Gasteiger partial charge is 0.190 e. The molecule has 0 spiro atoms. The van der Waals surface area contributed by atoms with E-state index in [0.29, 0.717) is 22.6 Å². The van der Waals surface area contributed by atoms with Gasteiger partial charge in [-0.15, -0.1) is 0 Å². The maximum absolute atomic E-state index is 12.4. The van der Waals surface area contributed by atoms with Crippen LogP contribution in [0.5, 0.6) is 0 Å². The maximum atomic E-state index is 12.4. The molecule has 2 aromatic carbocycles. The van der Waals surface area contributed by atoms with Crippen molar-refractivity contribution in [1.29, 1.82) is 0 Å². The number of ketones is 1. The molecule has 0 aromatic heterocycles. The third-order valence-electron chi connectivity index (χ3n) is 3.59. The molecule has 0 fully saturated rings. The summed E-state index contributed by atoms with van der Waals surface area (Å²) in [5, 5.41) is 0. The number of rotatable bonds is 3. The minimum Gasteiger partial charge on any atom is -0.495 e. The quantitative estimate of drug-likeness (QED) is 0.807. The lowest BCUT2D eigenvalue weighted by Crippen LogP contribution is -2.19. The van der Waals surface area contributed by atoms with Crippen LogP contribution in [0.2, 0.25) is 0 Å². The van der Waals surface area contributed by atoms with E-state index in [1.165, 1.54) is 18.7 Å². The number of hydrogen-bond acceptors (Lipinski definition) is 3. The van der Waals surface area contributed by atoms with Gasteiger partial charge in [0.25, 0.3) is 0 Å². The summed E-state index contributed by atoms with van der Waals surface area (Å²) in [6, 6.07) is 15.9. The van der Waals surface area contributed by atoms with Crippen molar-refractivity contribution in [3.05, 3.63) is 82.6 Å². The fourth-order valence-corrected chi connectivity index (χ4v) is 2.90. The first kappa shape index (κ1) is 13.7. The van der Waals surface area contributed by atoms with Gasteiger partial charge in [-0.2, -0.15) is 0 Å². The van der Waals surface area contributed by atoms with Crippen molar-refractivity contribution in [2.75, 3.05) is 7.11 Å². The fraction of sp³-hybridized carbons (Fsp3) is 0.111. The van der Waals surface area contributed by atoms with Gasteiger partial charge in [0, 0.05) is 17.2 Å². The molecule has 0 amide bonds. The number of carbonyl (C=O) groups excluding carboxylic acids is 1. The molecule has 2 aromatic rings. The Hall–Kier alpha value is -2.26. The lowest BCUT2D eigenvalue weighted by molar-refractivity contribution is 0.104. The zero-order chi connectivity index (χ0) is 14.8. The third-order valence-corrected chi connectivity index (χ3v) is 4.01. The van der Waals surface area contributed by atoms with Crippen LogP contribution in [0.15, 0.2) is 60.4 Å². The van der Waals surface area contributed by atoms with Crippen molar-refractivity contribution in [3.8, 4) is 0 Å². The summed E-state index contributed by atoms with van der Waals surface area (Å²) in [4.78, 5) is 13.0. The Morgan fingerprint density at radius 2 is 1.81 bits per heavy atom. The Kier molecular flexibility index (Phi) is 3.67. The highest BCUT2D eigenvalue weighted by Crippen LogP contribution is 2.27. The van der Waals surface area contributed by atoms with Crippen LogP contribution in [0, 0.1) is 0 Å². The number of carbonyl (C=O) groups is 1. The van der Waals surface area contributed by atoms with Gasteiger partial charge in [0.05, 0.1) is 12.0 Å². The Bertz CT molecular complexity index is 745. The van der Waals surface area contributed by atoms with Crippen LogP contribution in [0.4, 0.5) is 0 Å². The number of methoxy groups -OCH3 is 1. The van der Waals surface area contributed by atoms with Gasteiger partial charge in [-0.1, -0.05) is 60.7 Å². The average Bonchev–Trinajstić information content (AvgIpc) is 2.52. The van der Waals surface area contributed by atoms with Gasteiger partial charge in [0.2, 0.25) is 0 Å². The van der Waals surface area contributed by atoms with Gasteiger partial charge in [-0.25, -0.2) is 0 Å². The standard InChI is InChI=1S/C18H14O2S/c1-20-16-11-15(19)17-13(8-5-9-14(17)18(16)21)10-12-6-3-2-4-7-12/h2-9,11H,10H2,1H3. The molecule has 3 heteroatoms. The number of benzene rings is 2. The van der Waals surface area contributed by atoms with E-state index < -0.39 is 0 Å². The predicted octanol–water partition coefficient (Wildman–Crippen LogP) is 3.72. The summed E-state index contributed by atoms with van der Waals surface area (Å²) < 4.78 is 5.19. The van der Waals surface area contributed by atoms with Gasteiger partial charge in [0.1, 0.15) is 5.76 Å². The predicted molar refractivity (Wildman–Crippen MR) is 86.8 cm³/mol. The molecule has 0 radical (unpaired) electrons. The van der Waals surface area contributed by atoms with Crippen LogP contribution < -0.4 is 0 Å². The molecule has 0 atom stereocenters. The number of hydrogen-bond donors (Lipinski definition) is 0. The average molecular weight is 294 g/mol. The van der Waals surface area contributed by atoms with Crippen molar-refractivity contribution in [3.63, 3.8) is 0 Å².